The van der Waals surface area contributed by atoms with Gasteiger partial charge in [0.15, 0.2) is 0 Å². The molecule has 5 nitrogen and oxygen atoms in total. The number of primary amides is 1. The minimum absolute atomic E-state index is 0.185. The number of fused-ring (bicyclic) bond motifs is 3. The van der Waals surface area contributed by atoms with Crippen LogP contribution in [0.15, 0.2) is 30.3 Å². The molecule has 9 heteroatoms. The summed E-state index contributed by atoms with van der Waals surface area (Å²) in [5.74, 6) is -0.178. The van der Waals surface area contributed by atoms with Crippen LogP contribution in [-0.2, 0) is 21.4 Å². The second kappa shape index (κ2) is 9.75. The molecular weight excluding hydrogens is 528 g/mol. The zero-order valence-electron chi connectivity index (χ0n) is 19.1. The van der Waals surface area contributed by atoms with Gasteiger partial charge in [0, 0.05) is 32.6 Å². The van der Waals surface area contributed by atoms with Crippen LogP contribution in [0, 0.1) is 5.92 Å². The van der Waals surface area contributed by atoms with Crippen molar-refractivity contribution in [3.8, 4) is 0 Å². The summed E-state index contributed by atoms with van der Waals surface area (Å²) in [5, 5.41) is 4.89. The maximum absolute atomic E-state index is 13.3. The molecular formula is C26H27Cl4N3O2. The molecule has 2 aromatic carbocycles. The first-order valence-corrected chi connectivity index (χ1v) is 13.5. The van der Waals surface area contributed by atoms with E-state index in [0.717, 1.165) is 30.6 Å². The average molecular weight is 555 g/mol. The van der Waals surface area contributed by atoms with Crippen molar-refractivity contribution in [2.75, 3.05) is 13.1 Å². The number of hydrogen-bond acceptors (Lipinski definition) is 3. The summed E-state index contributed by atoms with van der Waals surface area (Å²) in [6.45, 7) is 2.14. The molecule has 35 heavy (non-hydrogen) atoms. The first-order chi connectivity index (χ1) is 16.7. The predicted octanol–water partition coefficient (Wildman–Crippen LogP) is 5.70. The molecule has 0 spiro atoms. The number of hydrogen-bond donors (Lipinski definition) is 2. The van der Waals surface area contributed by atoms with Crippen molar-refractivity contribution >= 4 is 58.2 Å². The standard InChI is InChI=1S/C26H27Cl4N3O2/c27-16-1-2-18(21(30)12-16)26(5-6-26)25(35)32-22(24(31)34)11-15-10-17(20(29)13-19(15)28)23-9-14-3-7-33(23)8-4-14/h1-2,10,12-14,22-23H,3-9,11H2,(H2,31,34)(H,32,35). The molecule has 186 valence electrons. The summed E-state index contributed by atoms with van der Waals surface area (Å²) in [4.78, 5) is 28.2. The van der Waals surface area contributed by atoms with Crippen LogP contribution in [0.1, 0.15) is 54.8 Å². The topological polar surface area (TPSA) is 75.4 Å². The largest absolute Gasteiger partial charge is 0.368 e. The molecule has 0 radical (unpaired) electrons. The normalized spacial score (nSPS) is 25.2. The number of benzene rings is 2. The van der Waals surface area contributed by atoms with Gasteiger partial charge in [0.05, 0.1) is 5.41 Å². The lowest BCUT2D eigenvalue weighted by Crippen LogP contribution is -2.49. The van der Waals surface area contributed by atoms with E-state index in [2.05, 4.69) is 10.2 Å². The van der Waals surface area contributed by atoms with Crippen LogP contribution in [-0.4, -0.2) is 35.8 Å². The second-order valence-corrected chi connectivity index (χ2v) is 11.7. The molecule has 2 amide bonds. The van der Waals surface area contributed by atoms with E-state index < -0.39 is 17.4 Å². The van der Waals surface area contributed by atoms with Gasteiger partial charge in [-0.2, -0.15) is 0 Å². The van der Waals surface area contributed by atoms with Gasteiger partial charge in [-0.15, -0.1) is 0 Å². The summed E-state index contributed by atoms with van der Waals surface area (Å²) >= 11 is 25.6. The van der Waals surface area contributed by atoms with Gasteiger partial charge in [-0.1, -0.05) is 58.5 Å². The number of amides is 2. The molecule has 3 N–H and O–H groups in total. The summed E-state index contributed by atoms with van der Waals surface area (Å²) in [6, 6.07) is 8.17. The third-order valence-corrected chi connectivity index (χ3v) is 9.10. The van der Waals surface area contributed by atoms with Gasteiger partial charge in [0.2, 0.25) is 11.8 Å². The SMILES string of the molecule is NC(=O)C(Cc1cc(C2CC3CCN2CC3)c(Cl)cc1Cl)NC(=O)C1(c2ccc(Cl)cc2Cl)CC1. The third kappa shape index (κ3) is 4.91. The molecule has 3 heterocycles. The molecule has 2 bridgehead atoms. The van der Waals surface area contributed by atoms with Gasteiger partial charge < -0.3 is 11.1 Å². The zero-order valence-corrected chi connectivity index (χ0v) is 22.2. The Morgan fingerprint density at radius 1 is 1.03 bits per heavy atom. The Labute approximate surface area is 225 Å². The molecule has 2 aromatic rings. The van der Waals surface area contributed by atoms with Crippen LogP contribution < -0.4 is 11.1 Å². The minimum atomic E-state index is -0.916. The van der Waals surface area contributed by atoms with E-state index in [1.165, 1.54) is 12.8 Å². The maximum atomic E-state index is 13.3. The highest BCUT2D eigenvalue weighted by Crippen LogP contribution is 2.51. The Kier molecular flexibility index (Phi) is 7.01. The van der Waals surface area contributed by atoms with E-state index in [4.69, 9.17) is 52.1 Å². The Hall–Kier alpha value is -1.50. The van der Waals surface area contributed by atoms with Crippen LogP contribution in [0.4, 0.5) is 0 Å². The lowest BCUT2D eigenvalue weighted by molar-refractivity contribution is -0.128. The van der Waals surface area contributed by atoms with E-state index in [1.54, 1.807) is 24.3 Å². The molecule has 3 saturated heterocycles. The van der Waals surface area contributed by atoms with Gasteiger partial charge in [0.25, 0.3) is 0 Å². The van der Waals surface area contributed by atoms with Crippen molar-refractivity contribution in [3.05, 3.63) is 67.1 Å². The van der Waals surface area contributed by atoms with Crippen LogP contribution in [0.5, 0.6) is 0 Å². The van der Waals surface area contributed by atoms with Crippen LogP contribution in [0.25, 0.3) is 0 Å². The lowest BCUT2D eigenvalue weighted by Gasteiger charge is -2.46. The fraction of sp³-hybridized carbons (Fsp3) is 0.462. The van der Waals surface area contributed by atoms with Crippen molar-refractivity contribution < 1.29 is 9.59 Å². The second-order valence-electron chi connectivity index (χ2n) is 10.0. The van der Waals surface area contributed by atoms with Gasteiger partial charge in [-0.3, -0.25) is 14.5 Å². The van der Waals surface area contributed by atoms with Crippen molar-refractivity contribution in [1.82, 2.24) is 10.2 Å². The maximum Gasteiger partial charge on any atom is 0.240 e. The Balaban J connectivity index is 1.37. The quantitative estimate of drug-likeness (QED) is 0.461. The van der Waals surface area contributed by atoms with Crippen molar-refractivity contribution in [3.63, 3.8) is 0 Å². The third-order valence-electron chi connectivity index (χ3n) is 7.88. The number of nitrogens with zero attached hydrogens (tertiary/aromatic N) is 1. The van der Waals surface area contributed by atoms with E-state index in [0.29, 0.717) is 44.4 Å². The van der Waals surface area contributed by atoms with Gasteiger partial charge in [-0.05, 0) is 86.0 Å². The molecule has 0 aromatic heterocycles. The first kappa shape index (κ1) is 25.2. The van der Waals surface area contributed by atoms with E-state index in [-0.39, 0.29) is 18.4 Å². The minimum Gasteiger partial charge on any atom is -0.368 e. The molecule has 1 aliphatic carbocycles. The molecule has 6 rings (SSSR count). The average Bonchev–Trinajstić information content (AvgIpc) is 3.62. The van der Waals surface area contributed by atoms with Crippen LogP contribution >= 0.6 is 46.4 Å². The molecule has 2 unspecified atom stereocenters. The number of nitrogens with two attached hydrogens (primary N) is 1. The Morgan fingerprint density at radius 3 is 2.31 bits per heavy atom. The summed E-state index contributed by atoms with van der Waals surface area (Å²) in [7, 11) is 0. The van der Waals surface area contributed by atoms with Crippen LogP contribution in [0.3, 0.4) is 0 Å². The highest BCUT2D eigenvalue weighted by Gasteiger charge is 2.53. The Morgan fingerprint density at radius 2 is 1.74 bits per heavy atom. The molecule has 2 atom stereocenters. The first-order valence-electron chi connectivity index (χ1n) is 12.0. The number of rotatable bonds is 7. The van der Waals surface area contributed by atoms with Crippen molar-refractivity contribution in [2.24, 2.45) is 11.7 Å². The van der Waals surface area contributed by atoms with Crippen molar-refractivity contribution in [1.29, 1.82) is 0 Å². The lowest BCUT2D eigenvalue weighted by atomic mass is 9.80. The van der Waals surface area contributed by atoms with Crippen LogP contribution in [0.2, 0.25) is 20.1 Å². The number of carbonyl (C=O) groups is 2. The van der Waals surface area contributed by atoms with Gasteiger partial charge in [0.1, 0.15) is 6.04 Å². The van der Waals surface area contributed by atoms with Gasteiger partial charge in [-0.25, -0.2) is 0 Å². The molecule has 4 aliphatic rings. The number of piperidine rings is 3. The van der Waals surface area contributed by atoms with Crippen molar-refractivity contribution in [2.45, 2.75) is 56.0 Å². The smallest absolute Gasteiger partial charge is 0.240 e. The monoisotopic (exact) mass is 553 g/mol. The number of carbonyl (C=O) groups excluding carboxylic acids is 2. The summed E-state index contributed by atoms with van der Waals surface area (Å²) in [6.07, 6.45) is 4.98. The number of nitrogens with one attached hydrogen (secondary N) is 1. The fourth-order valence-electron chi connectivity index (χ4n) is 5.67. The van der Waals surface area contributed by atoms with E-state index in [9.17, 15) is 9.59 Å². The zero-order chi connectivity index (χ0) is 24.9. The molecule has 1 saturated carbocycles. The summed E-state index contributed by atoms with van der Waals surface area (Å²) < 4.78 is 0. The molecule has 3 aliphatic heterocycles. The fourth-order valence-corrected chi connectivity index (χ4v) is 6.85. The van der Waals surface area contributed by atoms with E-state index >= 15 is 0 Å². The predicted molar refractivity (Wildman–Crippen MR) is 140 cm³/mol. The highest BCUT2D eigenvalue weighted by molar-refractivity contribution is 6.36. The van der Waals surface area contributed by atoms with E-state index in [1.807, 2.05) is 6.07 Å². The van der Waals surface area contributed by atoms with Gasteiger partial charge >= 0.3 is 0 Å². The molecule has 4 fully saturated rings. The Bertz CT molecular complexity index is 1180. The number of halogens is 4. The summed E-state index contributed by atoms with van der Waals surface area (Å²) in [5.41, 5.74) is 7.42. The highest BCUT2D eigenvalue weighted by atomic mass is 35.5.